The minimum Gasteiger partial charge on any atom is -0.361 e. The van der Waals surface area contributed by atoms with Crippen LogP contribution in [0.25, 0.3) is 0 Å². The summed E-state index contributed by atoms with van der Waals surface area (Å²) in [5, 5.41) is 13.0. The second-order valence-corrected chi connectivity index (χ2v) is 7.49. The van der Waals surface area contributed by atoms with E-state index in [-0.39, 0.29) is 0 Å². The molecule has 8 nitrogen and oxygen atoms in total. The lowest BCUT2D eigenvalue weighted by molar-refractivity contribution is 0.199. The first-order valence-electron chi connectivity index (χ1n) is 9.53. The van der Waals surface area contributed by atoms with Gasteiger partial charge in [-0.1, -0.05) is 5.16 Å². The summed E-state index contributed by atoms with van der Waals surface area (Å²) < 4.78 is 9.55. The molecule has 0 N–H and O–H groups in total. The second kappa shape index (κ2) is 7.26. The van der Waals surface area contributed by atoms with Crippen LogP contribution in [0.2, 0.25) is 0 Å². The van der Waals surface area contributed by atoms with Gasteiger partial charge in [0.1, 0.15) is 17.4 Å². The van der Waals surface area contributed by atoms with Crippen molar-refractivity contribution in [2.75, 3.05) is 13.1 Å². The van der Waals surface area contributed by atoms with Crippen molar-refractivity contribution in [2.45, 2.75) is 52.6 Å². The Morgan fingerprint density at radius 1 is 1.11 bits per heavy atom. The number of rotatable bonds is 5. The maximum Gasteiger partial charge on any atom is 0.152 e. The normalized spacial score (nSPS) is 16.3. The number of aryl methyl sites for hydroxylation is 3. The van der Waals surface area contributed by atoms with Crippen molar-refractivity contribution in [2.24, 2.45) is 7.05 Å². The standard InChI is InChI=1S/C19H27N7O/c1-13-17(14(2)27-23-13)11-25-8-5-16(6-9-25)19-22-21-18(24(19)4)12-26-10-7-20-15(26)3/h7,10,16H,5-6,8-9,11-12H2,1-4H3. The second-order valence-electron chi connectivity index (χ2n) is 7.49. The summed E-state index contributed by atoms with van der Waals surface area (Å²) in [5.41, 5.74) is 2.23. The van der Waals surface area contributed by atoms with Gasteiger partial charge in [-0.05, 0) is 46.7 Å². The van der Waals surface area contributed by atoms with Gasteiger partial charge < -0.3 is 13.7 Å². The zero-order valence-electron chi connectivity index (χ0n) is 16.5. The number of nitrogens with zero attached hydrogens (tertiary/aromatic N) is 7. The molecule has 3 aromatic rings. The highest BCUT2D eigenvalue weighted by molar-refractivity contribution is 5.20. The van der Waals surface area contributed by atoms with Crippen LogP contribution in [0.4, 0.5) is 0 Å². The lowest BCUT2D eigenvalue weighted by Gasteiger charge is -2.31. The van der Waals surface area contributed by atoms with E-state index in [9.17, 15) is 0 Å². The molecule has 1 aliphatic heterocycles. The molecule has 3 aromatic heterocycles. The van der Waals surface area contributed by atoms with Gasteiger partial charge in [-0.2, -0.15) is 0 Å². The molecule has 27 heavy (non-hydrogen) atoms. The van der Waals surface area contributed by atoms with Gasteiger partial charge in [0.15, 0.2) is 5.82 Å². The molecule has 0 spiro atoms. The van der Waals surface area contributed by atoms with Gasteiger partial charge in [0, 0.05) is 37.5 Å². The highest BCUT2D eigenvalue weighted by Crippen LogP contribution is 2.28. The molecule has 1 aliphatic rings. The first-order valence-corrected chi connectivity index (χ1v) is 9.53. The number of imidazole rings is 1. The molecule has 1 saturated heterocycles. The molecule has 4 heterocycles. The summed E-state index contributed by atoms with van der Waals surface area (Å²) in [5.74, 6) is 4.46. The molecular formula is C19H27N7O. The van der Waals surface area contributed by atoms with Gasteiger partial charge in [0.05, 0.1) is 12.2 Å². The zero-order valence-corrected chi connectivity index (χ0v) is 16.5. The summed E-state index contributed by atoms with van der Waals surface area (Å²) >= 11 is 0. The van der Waals surface area contributed by atoms with Crippen LogP contribution in [0.1, 0.15) is 53.3 Å². The van der Waals surface area contributed by atoms with E-state index in [1.165, 1.54) is 5.56 Å². The largest absolute Gasteiger partial charge is 0.361 e. The molecule has 0 atom stereocenters. The predicted octanol–water partition coefficient (Wildman–Crippen LogP) is 2.35. The van der Waals surface area contributed by atoms with Crippen LogP contribution in [0.15, 0.2) is 16.9 Å². The topological polar surface area (TPSA) is 77.8 Å². The third-order valence-electron chi connectivity index (χ3n) is 5.75. The van der Waals surface area contributed by atoms with Crippen LogP contribution in [0.5, 0.6) is 0 Å². The number of hydrogen-bond donors (Lipinski definition) is 0. The average Bonchev–Trinajstić information content (AvgIpc) is 3.33. The lowest BCUT2D eigenvalue weighted by Crippen LogP contribution is -2.33. The molecule has 4 rings (SSSR count). The fourth-order valence-electron chi connectivity index (χ4n) is 3.89. The molecule has 8 heteroatoms. The van der Waals surface area contributed by atoms with E-state index in [1.807, 2.05) is 33.2 Å². The summed E-state index contributed by atoms with van der Waals surface area (Å²) in [7, 11) is 2.08. The Hall–Kier alpha value is -2.48. The van der Waals surface area contributed by atoms with Crippen molar-refractivity contribution in [3.05, 3.63) is 46.9 Å². The minimum absolute atomic E-state index is 0.459. The lowest BCUT2D eigenvalue weighted by atomic mass is 9.95. The van der Waals surface area contributed by atoms with Crippen LogP contribution in [0.3, 0.4) is 0 Å². The van der Waals surface area contributed by atoms with Crippen LogP contribution in [0, 0.1) is 20.8 Å². The van der Waals surface area contributed by atoms with Gasteiger partial charge in [-0.25, -0.2) is 4.98 Å². The number of piperidine rings is 1. The Morgan fingerprint density at radius 2 is 1.89 bits per heavy atom. The van der Waals surface area contributed by atoms with Crippen LogP contribution in [-0.4, -0.2) is 47.5 Å². The molecule has 0 bridgehead atoms. The fraction of sp³-hybridized carbons (Fsp3) is 0.579. The maximum atomic E-state index is 5.29. The van der Waals surface area contributed by atoms with E-state index in [2.05, 4.69) is 41.4 Å². The zero-order chi connectivity index (χ0) is 19.0. The minimum atomic E-state index is 0.459. The molecule has 0 amide bonds. The fourth-order valence-corrected chi connectivity index (χ4v) is 3.89. The van der Waals surface area contributed by atoms with E-state index in [4.69, 9.17) is 4.52 Å². The molecule has 0 aromatic carbocycles. The molecule has 0 saturated carbocycles. The summed E-state index contributed by atoms with van der Waals surface area (Å²) in [6.45, 7) is 9.74. The molecule has 144 valence electrons. The molecule has 0 aliphatic carbocycles. The van der Waals surface area contributed by atoms with Crippen molar-refractivity contribution in [1.29, 1.82) is 0 Å². The van der Waals surface area contributed by atoms with E-state index in [0.717, 1.165) is 61.4 Å². The van der Waals surface area contributed by atoms with Gasteiger partial charge >= 0.3 is 0 Å². The van der Waals surface area contributed by atoms with Gasteiger partial charge in [-0.15, -0.1) is 10.2 Å². The SMILES string of the molecule is Cc1noc(C)c1CN1CCC(c2nnc(Cn3ccnc3C)n2C)CC1. The predicted molar refractivity (Wildman–Crippen MR) is 100 cm³/mol. The number of likely N-dealkylation sites (tertiary alicyclic amines) is 1. The Labute approximate surface area is 159 Å². The summed E-state index contributed by atoms with van der Waals surface area (Å²) in [6.07, 6.45) is 6.00. The third-order valence-corrected chi connectivity index (χ3v) is 5.75. The average molecular weight is 369 g/mol. The van der Waals surface area contributed by atoms with Gasteiger partial charge in [-0.3, -0.25) is 4.90 Å². The van der Waals surface area contributed by atoms with Crippen molar-refractivity contribution in [1.82, 2.24) is 34.4 Å². The van der Waals surface area contributed by atoms with Gasteiger partial charge in [0.25, 0.3) is 0 Å². The molecule has 0 unspecified atom stereocenters. The Kier molecular flexibility index (Phi) is 4.82. The van der Waals surface area contributed by atoms with Crippen molar-refractivity contribution in [3.8, 4) is 0 Å². The Morgan fingerprint density at radius 3 is 2.52 bits per heavy atom. The van der Waals surface area contributed by atoms with Crippen molar-refractivity contribution in [3.63, 3.8) is 0 Å². The van der Waals surface area contributed by atoms with Crippen molar-refractivity contribution < 1.29 is 4.52 Å². The van der Waals surface area contributed by atoms with Crippen LogP contribution < -0.4 is 0 Å². The number of aromatic nitrogens is 6. The van der Waals surface area contributed by atoms with Crippen molar-refractivity contribution >= 4 is 0 Å². The summed E-state index contributed by atoms with van der Waals surface area (Å²) in [4.78, 5) is 6.76. The van der Waals surface area contributed by atoms with E-state index < -0.39 is 0 Å². The van der Waals surface area contributed by atoms with E-state index in [1.54, 1.807) is 0 Å². The first-order chi connectivity index (χ1) is 13.0. The smallest absolute Gasteiger partial charge is 0.152 e. The summed E-state index contributed by atoms with van der Waals surface area (Å²) in [6, 6.07) is 0. The van der Waals surface area contributed by atoms with Crippen LogP contribution >= 0.6 is 0 Å². The molecular weight excluding hydrogens is 342 g/mol. The molecule has 1 fully saturated rings. The first kappa shape index (κ1) is 17.9. The quantitative estimate of drug-likeness (QED) is 0.687. The van der Waals surface area contributed by atoms with Gasteiger partial charge in [0.2, 0.25) is 0 Å². The molecule has 0 radical (unpaired) electrons. The number of hydrogen-bond acceptors (Lipinski definition) is 6. The third kappa shape index (κ3) is 3.53. The maximum absolute atomic E-state index is 5.29. The Bertz CT molecular complexity index is 895. The van der Waals surface area contributed by atoms with E-state index >= 15 is 0 Å². The van der Waals surface area contributed by atoms with E-state index in [0.29, 0.717) is 12.5 Å². The monoisotopic (exact) mass is 369 g/mol. The Balaban J connectivity index is 1.39. The highest BCUT2D eigenvalue weighted by Gasteiger charge is 2.26. The van der Waals surface area contributed by atoms with Crippen LogP contribution in [-0.2, 0) is 20.1 Å². The highest BCUT2D eigenvalue weighted by atomic mass is 16.5.